The van der Waals surface area contributed by atoms with Crippen LogP contribution in [0.2, 0.25) is 0 Å². The number of nitrogens with zero attached hydrogens (tertiary/aromatic N) is 3. The van der Waals surface area contributed by atoms with Crippen molar-refractivity contribution in [1.82, 2.24) is 14.8 Å². The number of hydrogen-bond donors (Lipinski definition) is 0. The van der Waals surface area contributed by atoms with Crippen molar-refractivity contribution in [1.29, 1.82) is 0 Å². The lowest BCUT2D eigenvalue weighted by molar-refractivity contribution is -0.132. The van der Waals surface area contributed by atoms with Crippen molar-refractivity contribution in [2.45, 2.75) is 44.2 Å². The number of benzene rings is 1. The number of amides is 2. The predicted octanol–water partition coefficient (Wildman–Crippen LogP) is 2.19. The summed E-state index contributed by atoms with van der Waals surface area (Å²) < 4.78 is 10.8. The van der Waals surface area contributed by atoms with Gasteiger partial charge in [-0.25, -0.2) is 0 Å². The second kappa shape index (κ2) is 7.97. The number of ether oxygens (including phenoxy) is 2. The molecule has 0 bridgehead atoms. The van der Waals surface area contributed by atoms with Gasteiger partial charge in [0, 0.05) is 38.3 Å². The highest BCUT2D eigenvalue weighted by Gasteiger charge is 2.47. The van der Waals surface area contributed by atoms with Gasteiger partial charge in [0.05, 0.1) is 12.1 Å². The van der Waals surface area contributed by atoms with Gasteiger partial charge in [-0.1, -0.05) is 12.1 Å². The van der Waals surface area contributed by atoms with Crippen LogP contribution in [-0.2, 0) is 22.4 Å². The highest BCUT2D eigenvalue weighted by Crippen LogP contribution is 2.34. The maximum absolute atomic E-state index is 12.9. The van der Waals surface area contributed by atoms with Crippen LogP contribution in [0.5, 0.6) is 11.5 Å². The van der Waals surface area contributed by atoms with Crippen LogP contribution in [0.15, 0.2) is 42.7 Å². The van der Waals surface area contributed by atoms with E-state index in [1.54, 1.807) is 6.20 Å². The highest BCUT2D eigenvalue weighted by molar-refractivity contribution is 5.83. The molecule has 1 aromatic carbocycles. The highest BCUT2D eigenvalue weighted by atomic mass is 16.7. The quantitative estimate of drug-likeness (QED) is 0.734. The van der Waals surface area contributed by atoms with Crippen molar-refractivity contribution in [3.8, 4) is 11.5 Å². The Balaban J connectivity index is 1.18. The van der Waals surface area contributed by atoms with Crippen molar-refractivity contribution in [3.05, 3.63) is 53.9 Å². The number of rotatable bonds is 6. The van der Waals surface area contributed by atoms with Crippen LogP contribution in [0.3, 0.4) is 0 Å². The topological polar surface area (TPSA) is 72.0 Å². The first-order chi connectivity index (χ1) is 14.7. The van der Waals surface area contributed by atoms with E-state index in [4.69, 9.17) is 9.47 Å². The third-order valence-electron chi connectivity index (χ3n) is 6.36. The summed E-state index contributed by atoms with van der Waals surface area (Å²) in [6.07, 6.45) is 6.78. The molecule has 4 heterocycles. The Morgan fingerprint density at radius 2 is 2.00 bits per heavy atom. The van der Waals surface area contributed by atoms with Gasteiger partial charge in [0.1, 0.15) is 0 Å². The van der Waals surface area contributed by atoms with E-state index >= 15 is 0 Å². The third kappa shape index (κ3) is 3.60. The van der Waals surface area contributed by atoms with Gasteiger partial charge in [-0.05, 0) is 48.6 Å². The van der Waals surface area contributed by atoms with Crippen molar-refractivity contribution >= 4 is 11.8 Å². The van der Waals surface area contributed by atoms with Crippen molar-refractivity contribution in [2.75, 3.05) is 19.9 Å². The Labute approximate surface area is 175 Å². The molecular formula is C23H25N3O4. The molecule has 0 saturated carbocycles. The molecule has 0 N–H and O–H groups in total. The molecule has 3 aliphatic rings. The van der Waals surface area contributed by atoms with Crippen LogP contribution in [-0.4, -0.2) is 58.6 Å². The largest absolute Gasteiger partial charge is 0.454 e. The van der Waals surface area contributed by atoms with Gasteiger partial charge < -0.3 is 19.3 Å². The summed E-state index contributed by atoms with van der Waals surface area (Å²) in [6, 6.07) is 9.92. The summed E-state index contributed by atoms with van der Waals surface area (Å²) in [5.74, 6) is 1.78. The fourth-order valence-corrected chi connectivity index (χ4v) is 4.82. The Kier molecular flexibility index (Phi) is 5.02. The molecule has 7 nitrogen and oxygen atoms in total. The van der Waals surface area contributed by atoms with Gasteiger partial charge in [-0.3, -0.25) is 14.6 Å². The number of pyridine rings is 1. The smallest absolute Gasteiger partial charge is 0.231 e. The van der Waals surface area contributed by atoms with Crippen LogP contribution in [0, 0.1) is 0 Å². The number of carbonyl (C=O) groups excluding carboxylic acids is 2. The molecule has 7 heteroatoms. The van der Waals surface area contributed by atoms with Crippen LogP contribution < -0.4 is 9.47 Å². The molecule has 0 unspecified atom stereocenters. The van der Waals surface area contributed by atoms with Gasteiger partial charge in [0.15, 0.2) is 11.5 Å². The summed E-state index contributed by atoms with van der Waals surface area (Å²) in [7, 11) is 0. The molecule has 2 amide bonds. The SMILES string of the molecule is O=C1C[C@H]2[C@H](CCN2C(=O)CCc2ccc3c(c2)OCO3)N1CCc1cccnc1. The maximum Gasteiger partial charge on any atom is 0.231 e. The first-order valence-corrected chi connectivity index (χ1v) is 10.6. The van der Waals surface area contributed by atoms with Gasteiger partial charge >= 0.3 is 0 Å². The monoisotopic (exact) mass is 407 g/mol. The van der Waals surface area contributed by atoms with E-state index in [9.17, 15) is 9.59 Å². The van der Waals surface area contributed by atoms with E-state index < -0.39 is 0 Å². The number of carbonyl (C=O) groups is 2. The number of aromatic nitrogens is 1. The van der Waals surface area contributed by atoms with Crippen molar-refractivity contribution < 1.29 is 19.1 Å². The van der Waals surface area contributed by atoms with Gasteiger partial charge in [-0.15, -0.1) is 0 Å². The second-order valence-corrected chi connectivity index (χ2v) is 8.10. The zero-order valence-corrected chi connectivity index (χ0v) is 16.8. The van der Waals surface area contributed by atoms with E-state index in [0.29, 0.717) is 25.8 Å². The molecule has 2 fully saturated rings. The fourth-order valence-electron chi connectivity index (χ4n) is 4.82. The zero-order valence-electron chi connectivity index (χ0n) is 16.8. The minimum atomic E-state index is 0.00986. The first-order valence-electron chi connectivity index (χ1n) is 10.6. The summed E-state index contributed by atoms with van der Waals surface area (Å²) in [6.45, 7) is 1.66. The van der Waals surface area contributed by atoms with Crippen molar-refractivity contribution in [2.24, 2.45) is 0 Å². The van der Waals surface area contributed by atoms with Crippen LogP contribution in [0.25, 0.3) is 0 Å². The van der Waals surface area contributed by atoms with E-state index in [1.807, 2.05) is 46.3 Å². The van der Waals surface area contributed by atoms with Crippen LogP contribution in [0.4, 0.5) is 0 Å². The molecule has 2 aromatic rings. The van der Waals surface area contributed by atoms with E-state index in [2.05, 4.69) is 4.98 Å². The average molecular weight is 407 g/mol. The average Bonchev–Trinajstić information content (AvgIpc) is 3.46. The van der Waals surface area contributed by atoms with Gasteiger partial charge in [-0.2, -0.15) is 0 Å². The molecule has 156 valence electrons. The standard InChI is InChI=1S/C23H25N3O4/c27-22(6-4-16-3-5-20-21(12-16)30-15-29-20)26-11-8-18-19(26)13-23(28)25(18)10-7-17-2-1-9-24-14-17/h1-3,5,9,12,14,18-19H,4,6-8,10-11,13,15H2/t18-,19-/m0/s1. The Hall–Kier alpha value is -3.09. The Morgan fingerprint density at radius 1 is 1.10 bits per heavy atom. The Morgan fingerprint density at radius 3 is 2.87 bits per heavy atom. The summed E-state index contributed by atoms with van der Waals surface area (Å²) in [4.78, 5) is 33.6. The van der Waals surface area contributed by atoms with E-state index in [1.165, 1.54) is 0 Å². The molecule has 1 aromatic heterocycles. The summed E-state index contributed by atoms with van der Waals surface area (Å²) in [5, 5.41) is 0. The van der Waals surface area contributed by atoms with Gasteiger partial charge in [0.2, 0.25) is 18.6 Å². The van der Waals surface area contributed by atoms with Crippen LogP contribution >= 0.6 is 0 Å². The molecule has 5 rings (SSSR count). The third-order valence-corrected chi connectivity index (χ3v) is 6.36. The predicted molar refractivity (Wildman–Crippen MR) is 109 cm³/mol. The first kappa shape index (κ1) is 18.9. The van der Waals surface area contributed by atoms with E-state index in [-0.39, 0.29) is 30.7 Å². The molecule has 0 spiro atoms. The van der Waals surface area contributed by atoms with Crippen LogP contribution in [0.1, 0.15) is 30.4 Å². The lowest BCUT2D eigenvalue weighted by atomic mass is 10.1. The molecule has 0 radical (unpaired) electrons. The summed E-state index contributed by atoms with van der Waals surface area (Å²) >= 11 is 0. The molecule has 0 aliphatic carbocycles. The molecule has 2 atom stereocenters. The minimum absolute atomic E-state index is 0.00986. The minimum Gasteiger partial charge on any atom is -0.454 e. The zero-order chi connectivity index (χ0) is 20.5. The lowest BCUT2D eigenvalue weighted by Gasteiger charge is -2.25. The maximum atomic E-state index is 12.9. The number of fused-ring (bicyclic) bond motifs is 2. The molecule has 2 saturated heterocycles. The van der Waals surface area contributed by atoms with Crippen molar-refractivity contribution in [3.63, 3.8) is 0 Å². The number of hydrogen-bond acceptors (Lipinski definition) is 5. The number of likely N-dealkylation sites (tertiary alicyclic amines) is 2. The molecule has 3 aliphatic heterocycles. The van der Waals surface area contributed by atoms with E-state index in [0.717, 1.165) is 42.0 Å². The summed E-state index contributed by atoms with van der Waals surface area (Å²) in [5.41, 5.74) is 2.19. The van der Waals surface area contributed by atoms with Gasteiger partial charge in [0.25, 0.3) is 0 Å². The molecule has 30 heavy (non-hydrogen) atoms. The normalized spacial score (nSPS) is 21.9. The second-order valence-electron chi connectivity index (χ2n) is 8.10. The number of aryl methyl sites for hydroxylation is 1. The molecular weight excluding hydrogens is 382 g/mol. The lowest BCUT2D eigenvalue weighted by Crippen LogP contribution is -2.40. The Bertz CT molecular complexity index is 949. The fraction of sp³-hybridized carbons (Fsp3) is 0.435.